The number of benzene rings is 1. The summed E-state index contributed by atoms with van der Waals surface area (Å²) in [5.41, 5.74) is 0.977. The van der Waals surface area contributed by atoms with Crippen molar-refractivity contribution in [2.45, 2.75) is 13.3 Å². The lowest BCUT2D eigenvalue weighted by atomic mass is 10.1. The van der Waals surface area contributed by atoms with Gasteiger partial charge < -0.3 is 5.11 Å². The first-order valence-corrected chi connectivity index (χ1v) is 6.71. The Morgan fingerprint density at radius 3 is 2.82 bits per heavy atom. The van der Waals surface area contributed by atoms with E-state index in [0.717, 1.165) is 17.1 Å². The highest BCUT2D eigenvalue weighted by Crippen LogP contribution is 2.20. The van der Waals surface area contributed by atoms with Crippen molar-refractivity contribution >= 4 is 17.4 Å². The van der Waals surface area contributed by atoms with Crippen molar-refractivity contribution < 1.29 is 10.0 Å². The number of aliphatic hydroxyl groups excluding tert-OH is 1. The van der Waals surface area contributed by atoms with Crippen molar-refractivity contribution in [1.82, 2.24) is 0 Å². The summed E-state index contributed by atoms with van der Waals surface area (Å²) in [4.78, 5) is 10.4. The third kappa shape index (κ3) is 4.75. The summed E-state index contributed by atoms with van der Waals surface area (Å²) in [6, 6.07) is 6.84. The van der Waals surface area contributed by atoms with Gasteiger partial charge in [-0.15, -0.1) is 0 Å². The van der Waals surface area contributed by atoms with Crippen molar-refractivity contribution in [1.29, 1.82) is 0 Å². The maximum absolute atomic E-state index is 10.8. The molecule has 0 aliphatic carbocycles. The molecular formula is C12H17NO3S. The predicted octanol–water partition coefficient (Wildman–Crippen LogP) is 2.50. The Hall–Kier alpha value is -1.07. The van der Waals surface area contributed by atoms with Crippen LogP contribution in [0.25, 0.3) is 0 Å². The lowest BCUT2D eigenvalue weighted by Gasteiger charge is -2.07. The second-order valence-corrected chi connectivity index (χ2v) is 5.15. The van der Waals surface area contributed by atoms with Crippen LogP contribution in [-0.4, -0.2) is 28.1 Å². The van der Waals surface area contributed by atoms with Crippen LogP contribution in [0.4, 0.5) is 5.69 Å². The Balaban J connectivity index is 2.44. The van der Waals surface area contributed by atoms with E-state index in [1.807, 2.05) is 13.0 Å². The van der Waals surface area contributed by atoms with Crippen molar-refractivity contribution in [2.75, 3.05) is 18.1 Å². The minimum absolute atomic E-state index is 0.193. The maximum atomic E-state index is 10.8. The van der Waals surface area contributed by atoms with Crippen LogP contribution < -0.4 is 0 Å². The number of nitro benzene ring substituents is 1. The first-order valence-electron chi connectivity index (χ1n) is 5.56. The Morgan fingerprint density at radius 1 is 1.47 bits per heavy atom. The number of aliphatic hydroxyl groups is 1. The van der Waals surface area contributed by atoms with E-state index in [4.69, 9.17) is 5.11 Å². The average molecular weight is 255 g/mol. The van der Waals surface area contributed by atoms with Gasteiger partial charge in [0.15, 0.2) is 0 Å². The third-order valence-electron chi connectivity index (χ3n) is 2.42. The topological polar surface area (TPSA) is 63.4 Å². The first-order chi connectivity index (χ1) is 8.15. The molecule has 0 radical (unpaired) electrons. The normalized spacial score (nSPS) is 12.4. The zero-order chi connectivity index (χ0) is 12.7. The molecule has 0 aliphatic heterocycles. The van der Waals surface area contributed by atoms with Crippen LogP contribution in [0.2, 0.25) is 0 Å². The highest BCUT2D eigenvalue weighted by atomic mass is 32.2. The van der Waals surface area contributed by atoms with Gasteiger partial charge in [-0.3, -0.25) is 10.1 Å². The molecule has 5 heteroatoms. The Bertz CT molecular complexity index is 371. The van der Waals surface area contributed by atoms with Crippen LogP contribution >= 0.6 is 11.8 Å². The van der Waals surface area contributed by atoms with Crippen LogP contribution in [0.3, 0.4) is 0 Å². The van der Waals surface area contributed by atoms with E-state index in [0.29, 0.717) is 6.42 Å². The fourth-order valence-corrected chi connectivity index (χ4v) is 2.46. The highest BCUT2D eigenvalue weighted by Gasteiger charge is 2.11. The molecule has 1 aromatic rings. The van der Waals surface area contributed by atoms with Gasteiger partial charge in [0.2, 0.25) is 0 Å². The molecule has 0 saturated carbocycles. The molecule has 1 unspecified atom stereocenters. The Kier molecular flexibility index (Phi) is 6.00. The minimum Gasteiger partial charge on any atom is -0.396 e. The smallest absolute Gasteiger partial charge is 0.272 e. The monoisotopic (exact) mass is 255 g/mol. The number of nitro groups is 1. The first kappa shape index (κ1) is 14.0. The third-order valence-corrected chi connectivity index (χ3v) is 3.72. The molecule has 0 saturated heterocycles. The summed E-state index contributed by atoms with van der Waals surface area (Å²) in [5, 5.41) is 19.6. The van der Waals surface area contributed by atoms with Crippen LogP contribution in [0.1, 0.15) is 12.5 Å². The lowest BCUT2D eigenvalue weighted by Crippen LogP contribution is -2.04. The fraction of sp³-hybridized carbons (Fsp3) is 0.500. The fourth-order valence-electron chi connectivity index (χ4n) is 1.42. The van der Waals surface area contributed by atoms with E-state index in [2.05, 4.69) is 0 Å². The van der Waals surface area contributed by atoms with Crippen LogP contribution in [0.15, 0.2) is 24.3 Å². The Labute approximate surface area is 105 Å². The zero-order valence-corrected chi connectivity index (χ0v) is 10.7. The lowest BCUT2D eigenvalue weighted by molar-refractivity contribution is -0.385. The average Bonchev–Trinajstić information content (AvgIpc) is 2.34. The van der Waals surface area contributed by atoms with E-state index < -0.39 is 0 Å². The molecule has 0 spiro atoms. The van der Waals surface area contributed by atoms with Crippen LogP contribution in [0, 0.1) is 16.0 Å². The summed E-state index contributed by atoms with van der Waals surface area (Å²) >= 11 is 1.72. The quantitative estimate of drug-likeness (QED) is 0.462. The number of rotatable bonds is 7. The molecule has 1 atom stereocenters. The SMILES string of the molecule is CC(CO)CSCCc1ccccc1[N+](=O)[O-]. The number of hydrogen-bond acceptors (Lipinski definition) is 4. The predicted molar refractivity (Wildman–Crippen MR) is 70.4 cm³/mol. The van der Waals surface area contributed by atoms with Crippen molar-refractivity contribution in [3.63, 3.8) is 0 Å². The molecule has 1 N–H and O–H groups in total. The zero-order valence-electron chi connectivity index (χ0n) is 9.83. The summed E-state index contributed by atoms with van der Waals surface area (Å²) < 4.78 is 0. The van der Waals surface area contributed by atoms with Gasteiger partial charge in [-0.25, -0.2) is 0 Å². The molecule has 1 aromatic carbocycles. The molecule has 1 rings (SSSR count). The van der Waals surface area contributed by atoms with Crippen LogP contribution in [-0.2, 0) is 6.42 Å². The van der Waals surface area contributed by atoms with Crippen molar-refractivity contribution in [2.24, 2.45) is 5.92 Å². The molecule has 0 aromatic heterocycles. The van der Waals surface area contributed by atoms with Gasteiger partial charge in [0, 0.05) is 18.2 Å². The summed E-state index contributed by atoms with van der Waals surface area (Å²) in [5.74, 6) is 2.01. The van der Waals surface area contributed by atoms with Crippen molar-refractivity contribution in [3.8, 4) is 0 Å². The number of nitrogens with zero attached hydrogens (tertiary/aromatic N) is 1. The van der Waals surface area contributed by atoms with Gasteiger partial charge in [-0.05, 0) is 23.8 Å². The van der Waals surface area contributed by atoms with Crippen LogP contribution in [0.5, 0.6) is 0 Å². The standard InChI is InChI=1S/C12H17NO3S/c1-10(8-14)9-17-7-6-11-4-2-3-5-12(11)13(15)16/h2-5,10,14H,6-9H2,1H3. The highest BCUT2D eigenvalue weighted by molar-refractivity contribution is 7.99. The van der Waals surface area contributed by atoms with E-state index in [1.165, 1.54) is 6.07 Å². The summed E-state index contributed by atoms with van der Waals surface area (Å²) in [7, 11) is 0. The number of aryl methyl sites for hydroxylation is 1. The Morgan fingerprint density at radius 2 is 2.18 bits per heavy atom. The van der Waals surface area contributed by atoms with Gasteiger partial charge in [-0.1, -0.05) is 25.1 Å². The molecule has 94 valence electrons. The summed E-state index contributed by atoms with van der Waals surface area (Å²) in [6.45, 7) is 2.18. The molecule has 0 fully saturated rings. The molecule has 17 heavy (non-hydrogen) atoms. The van der Waals surface area contributed by atoms with Gasteiger partial charge in [0.05, 0.1) is 4.92 Å². The van der Waals surface area contributed by atoms with Gasteiger partial charge in [0.25, 0.3) is 5.69 Å². The number of hydrogen-bond donors (Lipinski definition) is 1. The van der Waals surface area contributed by atoms with Crippen molar-refractivity contribution in [3.05, 3.63) is 39.9 Å². The molecule has 0 amide bonds. The minimum atomic E-state index is -0.337. The van der Waals surface area contributed by atoms with E-state index in [9.17, 15) is 10.1 Å². The molecule has 0 bridgehead atoms. The number of thioether (sulfide) groups is 1. The maximum Gasteiger partial charge on any atom is 0.272 e. The van der Waals surface area contributed by atoms with E-state index in [1.54, 1.807) is 23.9 Å². The largest absolute Gasteiger partial charge is 0.396 e. The van der Waals surface area contributed by atoms with E-state index >= 15 is 0 Å². The number of para-hydroxylation sites is 1. The molecular weight excluding hydrogens is 238 g/mol. The van der Waals surface area contributed by atoms with Gasteiger partial charge >= 0.3 is 0 Å². The molecule has 4 nitrogen and oxygen atoms in total. The molecule has 0 aliphatic rings. The second kappa shape index (κ2) is 7.29. The molecule has 0 heterocycles. The van der Waals surface area contributed by atoms with E-state index in [-0.39, 0.29) is 23.1 Å². The summed E-state index contributed by atoms with van der Waals surface area (Å²) in [6.07, 6.45) is 0.694. The van der Waals surface area contributed by atoms with Gasteiger partial charge in [-0.2, -0.15) is 11.8 Å². The van der Waals surface area contributed by atoms with Gasteiger partial charge in [0.1, 0.15) is 0 Å². The second-order valence-electron chi connectivity index (χ2n) is 4.00.